The van der Waals surface area contributed by atoms with Crippen LogP contribution < -0.4 is 0 Å². The molecule has 1 N–H and O–H groups in total. The van der Waals surface area contributed by atoms with Crippen molar-refractivity contribution in [3.05, 3.63) is 22.2 Å². The Balaban J connectivity index is 3.21. The summed E-state index contributed by atoms with van der Waals surface area (Å²) >= 11 is 5.01. The van der Waals surface area contributed by atoms with E-state index in [1.165, 1.54) is 5.69 Å². The molecule has 0 aliphatic heterocycles. The first-order valence-corrected chi connectivity index (χ1v) is 4.64. The number of H-pyrrole nitrogens is 1. The molecule has 0 unspecified atom stereocenters. The number of rotatable bonds is 2. The fourth-order valence-corrected chi connectivity index (χ4v) is 1.37. The molecule has 1 rings (SSSR count). The van der Waals surface area contributed by atoms with Crippen LogP contribution in [0.1, 0.15) is 38.1 Å². The van der Waals surface area contributed by atoms with Gasteiger partial charge in [0, 0.05) is 5.69 Å². The minimum Gasteiger partial charge on any atom is -0.347 e. The zero-order valence-electron chi connectivity index (χ0n) is 7.72. The van der Waals surface area contributed by atoms with Crippen molar-refractivity contribution in [3.63, 3.8) is 0 Å². The molecule has 0 fully saturated rings. The molecule has 0 aliphatic carbocycles. The Hall–Kier alpha value is -0.700. The molecule has 1 aromatic rings. The molecule has 0 spiro atoms. The van der Waals surface area contributed by atoms with Crippen molar-refractivity contribution in [3.8, 4) is 0 Å². The van der Waals surface area contributed by atoms with E-state index in [2.05, 4.69) is 30.7 Å². The van der Waals surface area contributed by atoms with Gasteiger partial charge in [0.15, 0.2) is 0 Å². The van der Waals surface area contributed by atoms with Crippen LogP contribution in [0.25, 0.3) is 0 Å². The molecule has 0 saturated carbocycles. The second kappa shape index (κ2) is 3.81. The number of aryl methyl sites for hydroxylation is 1. The first-order chi connectivity index (χ1) is 5.65. The third-order valence-corrected chi connectivity index (χ3v) is 2.03. The average Bonchev–Trinajstić information content (AvgIpc) is 2.04. The summed E-state index contributed by atoms with van der Waals surface area (Å²) in [5.41, 5.74) is 2.30. The molecular formula is C9H14N2S. The van der Waals surface area contributed by atoms with Gasteiger partial charge in [-0.25, -0.2) is 0 Å². The van der Waals surface area contributed by atoms with E-state index >= 15 is 0 Å². The Morgan fingerprint density at radius 3 is 2.75 bits per heavy atom. The minimum absolute atomic E-state index is 0.468. The summed E-state index contributed by atoms with van der Waals surface area (Å²) in [5.74, 6) is 0.468. The number of aromatic nitrogens is 2. The molecule has 12 heavy (non-hydrogen) atoms. The fraction of sp³-hybridized carbons (Fsp3) is 0.556. The minimum atomic E-state index is 0.468. The zero-order chi connectivity index (χ0) is 9.14. The van der Waals surface area contributed by atoms with Gasteiger partial charge in [0.2, 0.25) is 0 Å². The van der Waals surface area contributed by atoms with E-state index in [1.807, 2.05) is 0 Å². The Bertz CT molecular complexity index is 315. The normalized spacial score (nSPS) is 10.7. The third-order valence-electron chi connectivity index (χ3n) is 1.82. The first kappa shape index (κ1) is 9.39. The lowest BCUT2D eigenvalue weighted by atomic mass is 10.1. The lowest BCUT2D eigenvalue weighted by Crippen LogP contribution is -2.01. The van der Waals surface area contributed by atoms with Gasteiger partial charge in [-0.05, 0) is 12.3 Å². The van der Waals surface area contributed by atoms with Crippen molar-refractivity contribution >= 4 is 12.2 Å². The number of nitrogens with zero attached hydrogens (tertiary/aromatic N) is 1. The third kappa shape index (κ3) is 1.91. The molecular weight excluding hydrogens is 168 g/mol. The van der Waals surface area contributed by atoms with Crippen LogP contribution in [0.2, 0.25) is 0 Å². The van der Waals surface area contributed by atoms with Crippen LogP contribution in [-0.4, -0.2) is 9.97 Å². The highest BCUT2D eigenvalue weighted by Crippen LogP contribution is 2.14. The van der Waals surface area contributed by atoms with E-state index in [9.17, 15) is 0 Å². The van der Waals surface area contributed by atoms with Gasteiger partial charge in [0.25, 0.3) is 0 Å². The Morgan fingerprint density at radius 2 is 2.25 bits per heavy atom. The largest absolute Gasteiger partial charge is 0.347 e. The molecule has 66 valence electrons. The van der Waals surface area contributed by atoms with Crippen molar-refractivity contribution in [2.75, 3.05) is 0 Å². The first-order valence-electron chi connectivity index (χ1n) is 4.23. The molecule has 0 saturated heterocycles. The highest BCUT2D eigenvalue weighted by molar-refractivity contribution is 7.71. The topological polar surface area (TPSA) is 28.7 Å². The molecule has 0 amide bonds. The van der Waals surface area contributed by atoms with Crippen molar-refractivity contribution < 1.29 is 0 Å². The summed E-state index contributed by atoms with van der Waals surface area (Å²) in [6, 6.07) is 0. The summed E-state index contributed by atoms with van der Waals surface area (Å²) in [6.45, 7) is 6.38. The molecule has 0 atom stereocenters. The van der Waals surface area contributed by atoms with Gasteiger partial charge >= 0.3 is 0 Å². The quantitative estimate of drug-likeness (QED) is 0.712. The summed E-state index contributed by atoms with van der Waals surface area (Å²) in [7, 11) is 0. The lowest BCUT2D eigenvalue weighted by molar-refractivity contribution is 0.775. The number of aromatic amines is 1. The van der Waals surface area contributed by atoms with Gasteiger partial charge in [0.05, 0.1) is 11.9 Å². The smallest absolute Gasteiger partial charge is 0.122 e. The van der Waals surface area contributed by atoms with E-state index in [4.69, 9.17) is 12.2 Å². The van der Waals surface area contributed by atoms with E-state index in [0.717, 1.165) is 16.8 Å². The molecule has 0 aromatic carbocycles. The average molecular weight is 182 g/mol. The maximum atomic E-state index is 5.01. The maximum Gasteiger partial charge on any atom is 0.122 e. The molecule has 2 nitrogen and oxygen atoms in total. The second-order valence-corrected chi connectivity index (χ2v) is 3.56. The molecule has 1 aromatic heterocycles. The van der Waals surface area contributed by atoms with Crippen LogP contribution >= 0.6 is 12.2 Å². The Labute approximate surface area is 78.1 Å². The van der Waals surface area contributed by atoms with Gasteiger partial charge in [-0.2, -0.15) is 0 Å². The van der Waals surface area contributed by atoms with Crippen LogP contribution in [0.4, 0.5) is 0 Å². The summed E-state index contributed by atoms with van der Waals surface area (Å²) < 4.78 is 0.718. The van der Waals surface area contributed by atoms with E-state index in [1.54, 1.807) is 6.20 Å². The standard InChI is InChI=1S/C9H14N2S/c1-4-7-9(6(2)3)11-8(12)5-10-7/h5-6H,4H2,1-3H3,(H,11,12). The molecule has 0 aliphatic rings. The van der Waals surface area contributed by atoms with Crippen molar-refractivity contribution in [2.24, 2.45) is 0 Å². The van der Waals surface area contributed by atoms with Crippen LogP contribution in [0, 0.1) is 4.64 Å². The van der Waals surface area contributed by atoms with Gasteiger partial charge in [-0.3, -0.25) is 4.98 Å². The van der Waals surface area contributed by atoms with Gasteiger partial charge in [-0.1, -0.05) is 33.0 Å². The summed E-state index contributed by atoms with van der Waals surface area (Å²) in [6.07, 6.45) is 2.67. The fourth-order valence-electron chi connectivity index (χ4n) is 1.20. The highest BCUT2D eigenvalue weighted by Gasteiger charge is 2.05. The van der Waals surface area contributed by atoms with Crippen molar-refractivity contribution in [1.82, 2.24) is 9.97 Å². The van der Waals surface area contributed by atoms with Gasteiger partial charge < -0.3 is 4.98 Å². The lowest BCUT2D eigenvalue weighted by Gasteiger charge is -2.09. The Kier molecular flexibility index (Phi) is 2.98. The predicted molar refractivity (Wildman–Crippen MR) is 52.9 cm³/mol. The molecule has 3 heteroatoms. The monoisotopic (exact) mass is 182 g/mol. The second-order valence-electron chi connectivity index (χ2n) is 3.12. The zero-order valence-corrected chi connectivity index (χ0v) is 8.53. The van der Waals surface area contributed by atoms with Crippen molar-refractivity contribution in [2.45, 2.75) is 33.1 Å². The maximum absolute atomic E-state index is 5.01. The summed E-state index contributed by atoms with van der Waals surface area (Å²) in [4.78, 5) is 7.46. The van der Waals surface area contributed by atoms with E-state index in [0.29, 0.717) is 5.92 Å². The molecule has 0 bridgehead atoms. The number of hydrogen-bond donors (Lipinski definition) is 1. The number of hydrogen-bond acceptors (Lipinski definition) is 2. The van der Waals surface area contributed by atoms with Crippen molar-refractivity contribution in [1.29, 1.82) is 0 Å². The highest BCUT2D eigenvalue weighted by atomic mass is 32.1. The molecule has 0 radical (unpaired) electrons. The molecule has 1 heterocycles. The SMILES string of the molecule is CCc1ncc(=S)[nH]c1C(C)C. The van der Waals surface area contributed by atoms with Gasteiger partial charge in [0.1, 0.15) is 4.64 Å². The summed E-state index contributed by atoms with van der Waals surface area (Å²) in [5, 5.41) is 0. The van der Waals surface area contributed by atoms with Crippen LogP contribution in [0.3, 0.4) is 0 Å². The van der Waals surface area contributed by atoms with E-state index < -0.39 is 0 Å². The van der Waals surface area contributed by atoms with Crippen LogP contribution in [0.15, 0.2) is 6.20 Å². The van der Waals surface area contributed by atoms with Gasteiger partial charge in [-0.15, -0.1) is 0 Å². The predicted octanol–water partition coefficient (Wildman–Crippen LogP) is 2.82. The van der Waals surface area contributed by atoms with Crippen LogP contribution in [-0.2, 0) is 6.42 Å². The Morgan fingerprint density at radius 1 is 1.58 bits per heavy atom. The van der Waals surface area contributed by atoms with E-state index in [-0.39, 0.29) is 0 Å². The number of nitrogens with one attached hydrogen (secondary N) is 1. The van der Waals surface area contributed by atoms with Crippen LogP contribution in [0.5, 0.6) is 0 Å².